The minimum absolute atomic E-state index is 0.124. The Morgan fingerprint density at radius 3 is 2.42 bits per heavy atom. The molecule has 0 saturated heterocycles. The van der Waals surface area contributed by atoms with Crippen molar-refractivity contribution in [2.45, 2.75) is 33.8 Å². The summed E-state index contributed by atoms with van der Waals surface area (Å²) in [6.07, 6.45) is 3.49. The van der Waals surface area contributed by atoms with Crippen LogP contribution in [0, 0.1) is 0 Å². The molecule has 0 aliphatic rings. The number of aromatic nitrogens is 1. The molecule has 128 valence electrons. The fraction of sp³-hybridized carbons (Fsp3) is 0.368. The highest BCUT2D eigenvalue weighted by molar-refractivity contribution is 6.04. The Balaban J connectivity index is 2.08. The van der Waals surface area contributed by atoms with Crippen LogP contribution in [0.15, 0.2) is 42.7 Å². The van der Waals surface area contributed by atoms with E-state index in [0.717, 1.165) is 30.2 Å². The van der Waals surface area contributed by atoms with Crippen LogP contribution in [0.2, 0.25) is 0 Å². The van der Waals surface area contributed by atoms with Crippen molar-refractivity contribution >= 4 is 17.3 Å². The van der Waals surface area contributed by atoms with Crippen molar-refractivity contribution in [1.82, 2.24) is 4.98 Å². The fourth-order valence-electron chi connectivity index (χ4n) is 2.41. The van der Waals surface area contributed by atoms with Gasteiger partial charge in [-0.3, -0.25) is 9.78 Å². The van der Waals surface area contributed by atoms with Crippen LogP contribution in [-0.2, 0) is 0 Å². The number of pyridine rings is 1. The molecule has 0 aliphatic heterocycles. The van der Waals surface area contributed by atoms with Gasteiger partial charge in [0.2, 0.25) is 0 Å². The molecule has 5 nitrogen and oxygen atoms in total. The Bertz CT molecular complexity index is 665. The maximum atomic E-state index is 12.4. The van der Waals surface area contributed by atoms with Gasteiger partial charge in [-0.15, -0.1) is 0 Å². The molecule has 1 heterocycles. The van der Waals surface area contributed by atoms with E-state index in [4.69, 9.17) is 4.74 Å². The zero-order chi connectivity index (χ0) is 17.5. The summed E-state index contributed by atoms with van der Waals surface area (Å²) in [7, 11) is 0. The molecular formula is C19H25N3O2. The SMILES string of the molecule is CCN(CC)c1cncc(C(=O)Nc2ccc(OC(C)C)cc2)c1. The minimum atomic E-state index is -0.172. The third-order valence-corrected chi connectivity index (χ3v) is 3.60. The number of rotatable bonds is 7. The Morgan fingerprint density at radius 2 is 1.83 bits per heavy atom. The number of nitrogens with one attached hydrogen (secondary N) is 1. The molecule has 2 aromatic rings. The van der Waals surface area contributed by atoms with Gasteiger partial charge in [-0.1, -0.05) is 0 Å². The minimum Gasteiger partial charge on any atom is -0.491 e. The lowest BCUT2D eigenvalue weighted by atomic mass is 10.2. The Hall–Kier alpha value is -2.56. The second kappa shape index (κ2) is 8.34. The molecule has 1 aromatic carbocycles. The molecule has 1 amide bonds. The van der Waals surface area contributed by atoms with Gasteiger partial charge in [-0.25, -0.2) is 0 Å². The lowest BCUT2D eigenvalue weighted by molar-refractivity contribution is 0.102. The summed E-state index contributed by atoms with van der Waals surface area (Å²) >= 11 is 0. The van der Waals surface area contributed by atoms with Crippen LogP contribution in [0.25, 0.3) is 0 Å². The third-order valence-electron chi connectivity index (χ3n) is 3.60. The van der Waals surface area contributed by atoms with E-state index in [1.54, 1.807) is 12.4 Å². The highest BCUT2D eigenvalue weighted by atomic mass is 16.5. The zero-order valence-corrected chi connectivity index (χ0v) is 14.7. The van der Waals surface area contributed by atoms with Crippen molar-refractivity contribution in [3.05, 3.63) is 48.3 Å². The van der Waals surface area contributed by atoms with E-state index in [1.165, 1.54) is 0 Å². The van der Waals surface area contributed by atoms with Crippen molar-refractivity contribution in [1.29, 1.82) is 0 Å². The summed E-state index contributed by atoms with van der Waals surface area (Å²) < 4.78 is 5.60. The normalized spacial score (nSPS) is 10.5. The van der Waals surface area contributed by atoms with Gasteiger partial charge < -0.3 is 15.0 Å². The van der Waals surface area contributed by atoms with Gasteiger partial charge in [-0.2, -0.15) is 0 Å². The summed E-state index contributed by atoms with van der Waals surface area (Å²) in [5.74, 6) is 0.613. The number of amides is 1. The first-order valence-electron chi connectivity index (χ1n) is 8.31. The van der Waals surface area contributed by atoms with Crippen molar-refractivity contribution in [3.63, 3.8) is 0 Å². The zero-order valence-electron chi connectivity index (χ0n) is 14.7. The van der Waals surface area contributed by atoms with Crippen molar-refractivity contribution < 1.29 is 9.53 Å². The van der Waals surface area contributed by atoms with Gasteiger partial charge >= 0.3 is 0 Å². The van der Waals surface area contributed by atoms with E-state index >= 15 is 0 Å². The summed E-state index contributed by atoms with van der Waals surface area (Å²) in [5.41, 5.74) is 2.22. The Labute approximate surface area is 143 Å². The van der Waals surface area contributed by atoms with E-state index in [0.29, 0.717) is 5.56 Å². The molecule has 0 aliphatic carbocycles. The number of anilines is 2. The summed E-state index contributed by atoms with van der Waals surface area (Å²) in [6, 6.07) is 9.22. The molecule has 1 aromatic heterocycles. The largest absolute Gasteiger partial charge is 0.491 e. The molecule has 0 atom stereocenters. The molecule has 0 spiro atoms. The average molecular weight is 327 g/mol. The molecule has 2 rings (SSSR count). The first-order valence-corrected chi connectivity index (χ1v) is 8.31. The first-order chi connectivity index (χ1) is 11.5. The van der Waals surface area contributed by atoms with Crippen LogP contribution in [-0.4, -0.2) is 30.1 Å². The molecule has 0 bridgehead atoms. The molecule has 0 radical (unpaired) electrons. The van der Waals surface area contributed by atoms with Crippen LogP contribution in [0.4, 0.5) is 11.4 Å². The van der Waals surface area contributed by atoms with E-state index in [9.17, 15) is 4.79 Å². The van der Waals surface area contributed by atoms with Gasteiger partial charge in [0.15, 0.2) is 0 Å². The summed E-state index contributed by atoms with van der Waals surface area (Å²) in [6.45, 7) is 9.87. The lowest BCUT2D eigenvalue weighted by Crippen LogP contribution is -2.22. The number of ether oxygens (including phenoxy) is 1. The Kier molecular flexibility index (Phi) is 6.18. The van der Waals surface area contributed by atoms with Crippen molar-refractivity contribution in [2.75, 3.05) is 23.3 Å². The maximum absolute atomic E-state index is 12.4. The molecule has 5 heteroatoms. The number of hydrogen-bond donors (Lipinski definition) is 1. The van der Waals surface area contributed by atoms with Crippen LogP contribution >= 0.6 is 0 Å². The van der Waals surface area contributed by atoms with Gasteiger partial charge in [0.25, 0.3) is 5.91 Å². The van der Waals surface area contributed by atoms with E-state index in [2.05, 4.69) is 29.0 Å². The van der Waals surface area contributed by atoms with E-state index < -0.39 is 0 Å². The first kappa shape index (κ1) is 17.8. The lowest BCUT2D eigenvalue weighted by Gasteiger charge is -2.20. The average Bonchev–Trinajstić information content (AvgIpc) is 2.57. The summed E-state index contributed by atoms with van der Waals surface area (Å²) in [5, 5.41) is 2.89. The fourth-order valence-corrected chi connectivity index (χ4v) is 2.41. The molecule has 1 N–H and O–H groups in total. The smallest absolute Gasteiger partial charge is 0.257 e. The van der Waals surface area contributed by atoms with E-state index in [-0.39, 0.29) is 12.0 Å². The third kappa shape index (κ3) is 4.72. The van der Waals surface area contributed by atoms with Crippen LogP contribution < -0.4 is 15.0 Å². The predicted molar refractivity (Wildman–Crippen MR) is 98.0 cm³/mol. The highest BCUT2D eigenvalue weighted by Crippen LogP contribution is 2.19. The number of benzene rings is 1. The van der Waals surface area contributed by atoms with Crippen LogP contribution in [0.1, 0.15) is 38.1 Å². The van der Waals surface area contributed by atoms with Crippen LogP contribution in [0.3, 0.4) is 0 Å². The quantitative estimate of drug-likeness (QED) is 0.836. The maximum Gasteiger partial charge on any atom is 0.257 e. The van der Waals surface area contributed by atoms with Crippen molar-refractivity contribution in [2.24, 2.45) is 0 Å². The number of hydrogen-bond acceptors (Lipinski definition) is 4. The summed E-state index contributed by atoms with van der Waals surface area (Å²) in [4.78, 5) is 18.8. The van der Waals surface area contributed by atoms with Gasteiger partial charge in [0.05, 0.1) is 23.6 Å². The number of carbonyl (C=O) groups is 1. The highest BCUT2D eigenvalue weighted by Gasteiger charge is 2.10. The molecule has 0 fully saturated rings. The van der Waals surface area contributed by atoms with E-state index in [1.807, 2.05) is 44.2 Å². The predicted octanol–water partition coefficient (Wildman–Crippen LogP) is 3.97. The van der Waals surface area contributed by atoms with Crippen molar-refractivity contribution in [3.8, 4) is 5.75 Å². The van der Waals surface area contributed by atoms with Crippen LogP contribution in [0.5, 0.6) is 5.75 Å². The monoisotopic (exact) mass is 327 g/mol. The Morgan fingerprint density at radius 1 is 1.17 bits per heavy atom. The second-order valence-corrected chi connectivity index (χ2v) is 5.75. The molecular weight excluding hydrogens is 302 g/mol. The van der Waals surface area contributed by atoms with Gasteiger partial charge in [0.1, 0.15) is 5.75 Å². The number of nitrogens with zero attached hydrogens (tertiary/aromatic N) is 2. The molecule has 0 unspecified atom stereocenters. The second-order valence-electron chi connectivity index (χ2n) is 5.75. The topological polar surface area (TPSA) is 54.5 Å². The molecule has 0 saturated carbocycles. The number of carbonyl (C=O) groups excluding carboxylic acids is 1. The molecule has 24 heavy (non-hydrogen) atoms. The standard InChI is InChI=1S/C19H25N3O2/c1-5-22(6-2)17-11-15(12-20-13-17)19(23)21-16-7-9-18(10-8-16)24-14(3)4/h7-14H,5-6H2,1-4H3,(H,21,23). The van der Waals surface area contributed by atoms with Gasteiger partial charge in [0, 0.05) is 25.0 Å². The van der Waals surface area contributed by atoms with Gasteiger partial charge in [-0.05, 0) is 58.0 Å².